The second kappa shape index (κ2) is 5.07. The summed E-state index contributed by atoms with van der Waals surface area (Å²) in [5, 5.41) is 2.76. The standard InChI is InChI=1S/C12H12N4O/c13-11-3-5-15-8-10(11)12(17)16-7-9-2-1-4-14-6-9/h1-6,8H,7H2,(H2,13,15)(H,16,17). The Morgan fingerprint density at radius 2 is 2.06 bits per heavy atom. The molecular formula is C12H12N4O. The summed E-state index contributed by atoms with van der Waals surface area (Å²) in [6, 6.07) is 5.30. The lowest BCUT2D eigenvalue weighted by Crippen LogP contribution is -2.24. The van der Waals surface area contributed by atoms with Gasteiger partial charge < -0.3 is 11.1 Å². The Hall–Kier alpha value is -2.43. The first-order valence-corrected chi connectivity index (χ1v) is 5.14. The summed E-state index contributed by atoms with van der Waals surface area (Å²) in [4.78, 5) is 19.6. The second-order valence-electron chi connectivity index (χ2n) is 3.51. The minimum absolute atomic E-state index is 0.237. The van der Waals surface area contributed by atoms with Crippen LogP contribution >= 0.6 is 0 Å². The molecule has 5 nitrogen and oxygen atoms in total. The maximum Gasteiger partial charge on any atom is 0.255 e. The van der Waals surface area contributed by atoms with Crippen molar-refractivity contribution in [3.05, 3.63) is 54.1 Å². The van der Waals surface area contributed by atoms with Crippen LogP contribution < -0.4 is 11.1 Å². The molecule has 0 aliphatic heterocycles. The molecule has 0 atom stereocenters. The van der Waals surface area contributed by atoms with E-state index >= 15 is 0 Å². The molecule has 0 aromatic carbocycles. The van der Waals surface area contributed by atoms with Crippen LogP contribution in [-0.2, 0) is 6.54 Å². The molecule has 86 valence electrons. The van der Waals surface area contributed by atoms with E-state index in [1.165, 1.54) is 6.20 Å². The van der Waals surface area contributed by atoms with Crippen LogP contribution in [-0.4, -0.2) is 15.9 Å². The fourth-order valence-corrected chi connectivity index (χ4v) is 1.38. The van der Waals surface area contributed by atoms with Gasteiger partial charge in [0.2, 0.25) is 0 Å². The average Bonchev–Trinajstić information content (AvgIpc) is 2.38. The van der Waals surface area contributed by atoms with Crippen molar-refractivity contribution in [2.45, 2.75) is 6.54 Å². The van der Waals surface area contributed by atoms with E-state index in [2.05, 4.69) is 15.3 Å². The minimum Gasteiger partial charge on any atom is -0.398 e. The first-order valence-electron chi connectivity index (χ1n) is 5.14. The van der Waals surface area contributed by atoms with Gasteiger partial charge in [-0.1, -0.05) is 6.07 Å². The zero-order valence-electron chi connectivity index (χ0n) is 9.13. The lowest BCUT2D eigenvalue weighted by Gasteiger charge is -2.06. The van der Waals surface area contributed by atoms with Gasteiger partial charge >= 0.3 is 0 Å². The van der Waals surface area contributed by atoms with Crippen LogP contribution in [0.5, 0.6) is 0 Å². The summed E-state index contributed by atoms with van der Waals surface area (Å²) in [6.07, 6.45) is 6.39. The Labute approximate surface area is 98.7 Å². The quantitative estimate of drug-likeness (QED) is 0.820. The maximum absolute atomic E-state index is 11.8. The number of nitrogens with zero attached hydrogens (tertiary/aromatic N) is 2. The smallest absolute Gasteiger partial charge is 0.255 e. The number of carbonyl (C=O) groups excluding carboxylic acids is 1. The molecule has 1 amide bonds. The summed E-state index contributed by atoms with van der Waals surface area (Å²) >= 11 is 0. The van der Waals surface area contributed by atoms with E-state index in [0.717, 1.165) is 5.56 Å². The van der Waals surface area contributed by atoms with E-state index in [4.69, 9.17) is 5.73 Å². The van der Waals surface area contributed by atoms with Crippen LogP contribution in [0.15, 0.2) is 43.0 Å². The molecule has 0 aliphatic carbocycles. The third kappa shape index (κ3) is 2.78. The molecule has 2 aromatic rings. The predicted octanol–water partition coefficient (Wildman–Crippen LogP) is 0.989. The normalized spacial score (nSPS) is 9.88. The molecule has 0 fully saturated rings. The van der Waals surface area contributed by atoms with Crippen LogP contribution in [0.25, 0.3) is 0 Å². The van der Waals surface area contributed by atoms with Gasteiger partial charge in [-0.2, -0.15) is 0 Å². The highest BCUT2D eigenvalue weighted by molar-refractivity contribution is 5.98. The van der Waals surface area contributed by atoms with Crippen molar-refractivity contribution in [1.82, 2.24) is 15.3 Å². The van der Waals surface area contributed by atoms with Crippen molar-refractivity contribution in [1.29, 1.82) is 0 Å². The van der Waals surface area contributed by atoms with Crippen molar-refractivity contribution < 1.29 is 4.79 Å². The molecule has 0 saturated carbocycles. The van der Waals surface area contributed by atoms with Gasteiger partial charge in [0.25, 0.3) is 5.91 Å². The Balaban J connectivity index is 2.01. The Bertz CT molecular complexity index is 513. The molecule has 0 saturated heterocycles. The number of amides is 1. The summed E-state index contributed by atoms with van der Waals surface area (Å²) in [5.74, 6) is -0.237. The van der Waals surface area contributed by atoms with E-state index in [-0.39, 0.29) is 5.91 Å². The van der Waals surface area contributed by atoms with Crippen LogP contribution in [0.2, 0.25) is 0 Å². The van der Waals surface area contributed by atoms with Crippen molar-refractivity contribution >= 4 is 11.6 Å². The number of carbonyl (C=O) groups is 1. The molecule has 0 unspecified atom stereocenters. The first-order chi connectivity index (χ1) is 8.27. The third-order valence-corrected chi connectivity index (χ3v) is 2.28. The molecule has 0 bridgehead atoms. The molecule has 5 heteroatoms. The van der Waals surface area contributed by atoms with Gasteiger partial charge in [-0.05, 0) is 17.7 Å². The number of pyridine rings is 2. The van der Waals surface area contributed by atoms with Crippen molar-refractivity contribution in [3.63, 3.8) is 0 Å². The summed E-state index contributed by atoms with van der Waals surface area (Å²) in [5.41, 5.74) is 7.42. The van der Waals surface area contributed by atoms with Crippen LogP contribution in [0.1, 0.15) is 15.9 Å². The van der Waals surface area contributed by atoms with Gasteiger partial charge in [0.15, 0.2) is 0 Å². The number of hydrogen-bond acceptors (Lipinski definition) is 4. The molecule has 0 radical (unpaired) electrons. The molecule has 2 heterocycles. The fraction of sp³-hybridized carbons (Fsp3) is 0.0833. The predicted molar refractivity (Wildman–Crippen MR) is 64.1 cm³/mol. The van der Waals surface area contributed by atoms with Crippen molar-refractivity contribution in [2.75, 3.05) is 5.73 Å². The Kier molecular flexibility index (Phi) is 3.30. The molecular weight excluding hydrogens is 216 g/mol. The number of nitrogen functional groups attached to an aromatic ring is 1. The number of nitrogens with two attached hydrogens (primary N) is 1. The minimum atomic E-state index is -0.237. The molecule has 2 aromatic heterocycles. The van der Waals surface area contributed by atoms with Gasteiger partial charge in [0.05, 0.1) is 5.56 Å². The topological polar surface area (TPSA) is 80.9 Å². The zero-order chi connectivity index (χ0) is 12.1. The number of rotatable bonds is 3. The van der Waals surface area contributed by atoms with Crippen LogP contribution in [0, 0.1) is 0 Å². The highest BCUT2D eigenvalue weighted by atomic mass is 16.1. The lowest BCUT2D eigenvalue weighted by molar-refractivity contribution is 0.0951. The van der Waals surface area contributed by atoms with Crippen LogP contribution in [0.3, 0.4) is 0 Å². The SMILES string of the molecule is Nc1ccncc1C(=O)NCc1cccnc1. The van der Waals surface area contributed by atoms with E-state index in [1.807, 2.05) is 12.1 Å². The largest absolute Gasteiger partial charge is 0.398 e. The molecule has 0 spiro atoms. The molecule has 17 heavy (non-hydrogen) atoms. The summed E-state index contributed by atoms with van der Waals surface area (Å²) in [6.45, 7) is 0.418. The lowest BCUT2D eigenvalue weighted by atomic mass is 10.2. The van der Waals surface area contributed by atoms with E-state index in [0.29, 0.717) is 17.8 Å². The fourth-order valence-electron chi connectivity index (χ4n) is 1.38. The zero-order valence-corrected chi connectivity index (χ0v) is 9.13. The number of hydrogen-bond donors (Lipinski definition) is 2. The maximum atomic E-state index is 11.8. The van der Waals surface area contributed by atoms with Gasteiger partial charge in [0.1, 0.15) is 0 Å². The highest BCUT2D eigenvalue weighted by Crippen LogP contribution is 2.08. The van der Waals surface area contributed by atoms with Crippen molar-refractivity contribution in [3.8, 4) is 0 Å². The van der Waals surface area contributed by atoms with E-state index in [1.54, 1.807) is 24.7 Å². The Morgan fingerprint density at radius 3 is 2.76 bits per heavy atom. The molecule has 0 aliphatic rings. The van der Waals surface area contributed by atoms with E-state index < -0.39 is 0 Å². The second-order valence-corrected chi connectivity index (χ2v) is 3.51. The highest BCUT2D eigenvalue weighted by Gasteiger charge is 2.08. The van der Waals surface area contributed by atoms with Gasteiger partial charge in [-0.15, -0.1) is 0 Å². The number of aromatic nitrogens is 2. The van der Waals surface area contributed by atoms with Crippen LogP contribution in [0.4, 0.5) is 5.69 Å². The average molecular weight is 228 g/mol. The molecule has 3 N–H and O–H groups in total. The van der Waals surface area contributed by atoms with Crippen molar-refractivity contribution in [2.24, 2.45) is 0 Å². The number of anilines is 1. The van der Waals surface area contributed by atoms with Gasteiger partial charge in [0, 0.05) is 37.0 Å². The first kappa shape index (κ1) is 11.1. The number of nitrogens with one attached hydrogen (secondary N) is 1. The molecule has 2 rings (SSSR count). The monoisotopic (exact) mass is 228 g/mol. The summed E-state index contributed by atoms with van der Waals surface area (Å²) < 4.78 is 0. The summed E-state index contributed by atoms with van der Waals surface area (Å²) in [7, 11) is 0. The van der Waals surface area contributed by atoms with E-state index in [9.17, 15) is 4.79 Å². The Morgan fingerprint density at radius 1 is 1.24 bits per heavy atom. The van der Waals surface area contributed by atoms with Gasteiger partial charge in [-0.3, -0.25) is 14.8 Å². The third-order valence-electron chi connectivity index (χ3n) is 2.28. The van der Waals surface area contributed by atoms with Gasteiger partial charge in [-0.25, -0.2) is 0 Å².